The molecule has 3 aromatic carbocycles. The van der Waals surface area contributed by atoms with Crippen molar-refractivity contribution in [2.24, 2.45) is 0 Å². The van der Waals surface area contributed by atoms with Crippen LogP contribution in [-0.2, 0) is 0 Å². The zero-order valence-electron chi connectivity index (χ0n) is 20.5. The molecule has 2 heterocycles. The highest BCUT2D eigenvalue weighted by Gasteiger charge is 2.17. The number of pyridine rings is 1. The number of anilines is 3. The van der Waals surface area contributed by atoms with Crippen LogP contribution in [0.5, 0.6) is 5.75 Å². The van der Waals surface area contributed by atoms with Crippen molar-refractivity contribution in [3.63, 3.8) is 0 Å². The summed E-state index contributed by atoms with van der Waals surface area (Å²) < 4.78 is 5.20. The first-order valence-corrected chi connectivity index (χ1v) is 11.9. The molecule has 0 aliphatic heterocycles. The fourth-order valence-electron chi connectivity index (χ4n) is 4.10. The number of H-pyrrole nitrogens is 2. The number of ether oxygens (including phenoxy) is 1. The Morgan fingerprint density at radius 1 is 1.00 bits per heavy atom. The second kappa shape index (κ2) is 10.9. The van der Waals surface area contributed by atoms with Crippen molar-refractivity contribution >= 4 is 34.1 Å². The number of aromatic nitrogens is 3. The monoisotopic (exact) mass is 510 g/mol. The molecule has 0 spiro atoms. The third kappa shape index (κ3) is 5.35. The van der Waals surface area contributed by atoms with Crippen molar-refractivity contribution in [3.05, 3.63) is 101 Å². The number of imidazole rings is 1. The number of benzene rings is 3. The molecular weight excluding hydrogens is 484 g/mol. The molecule has 0 saturated carbocycles. The second-order valence-corrected chi connectivity index (χ2v) is 8.50. The van der Waals surface area contributed by atoms with Gasteiger partial charge in [0.05, 0.1) is 35.6 Å². The summed E-state index contributed by atoms with van der Waals surface area (Å²) in [6, 6.07) is 22.8. The fourth-order valence-corrected chi connectivity index (χ4v) is 4.10. The number of carbonyl (C=O) groups excluding carboxylic acids is 1. The van der Waals surface area contributed by atoms with Gasteiger partial charge in [0, 0.05) is 24.5 Å². The number of amides is 2. The van der Waals surface area contributed by atoms with Crippen LogP contribution in [0.15, 0.2) is 89.9 Å². The lowest BCUT2D eigenvalue weighted by Gasteiger charge is -2.14. The second-order valence-electron chi connectivity index (χ2n) is 8.50. The Bertz CT molecular complexity index is 1630. The molecule has 5 rings (SSSR count). The minimum absolute atomic E-state index is 0.192. The molecule has 2 amide bonds. The summed E-state index contributed by atoms with van der Waals surface area (Å²) in [5.74, 6) is 0.942. The van der Waals surface area contributed by atoms with Gasteiger partial charge in [-0.15, -0.1) is 0 Å². The summed E-state index contributed by atoms with van der Waals surface area (Å²) >= 11 is 0. The predicted molar refractivity (Wildman–Crippen MR) is 148 cm³/mol. The molecule has 10 nitrogen and oxygen atoms in total. The molecule has 38 heavy (non-hydrogen) atoms. The van der Waals surface area contributed by atoms with Gasteiger partial charge in [0.2, 0.25) is 0 Å². The minimum Gasteiger partial charge on any atom is -0.497 e. The molecule has 0 aliphatic carbocycles. The van der Waals surface area contributed by atoms with Gasteiger partial charge < -0.3 is 35.8 Å². The highest BCUT2D eigenvalue weighted by atomic mass is 16.5. The van der Waals surface area contributed by atoms with Crippen molar-refractivity contribution in [2.45, 2.75) is 6.10 Å². The highest BCUT2D eigenvalue weighted by molar-refractivity contribution is 6.05. The van der Waals surface area contributed by atoms with Crippen molar-refractivity contribution < 1.29 is 14.6 Å². The van der Waals surface area contributed by atoms with E-state index in [9.17, 15) is 14.7 Å². The number of aliphatic hydroxyl groups excluding tert-OH is 1. The number of aromatic amines is 2. The van der Waals surface area contributed by atoms with E-state index in [1.807, 2.05) is 30.3 Å². The van der Waals surface area contributed by atoms with Crippen LogP contribution in [0.3, 0.4) is 0 Å². The summed E-state index contributed by atoms with van der Waals surface area (Å²) in [6.45, 7) is 0.192. The number of urea groups is 1. The number of nitrogens with one attached hydrogen (secondary N) is 5. The zero-order chi connectivity index (χ0) is 26.5. The maximum Gasteiger partial charge on any atom is 0.323 e. The normalized spacial score (nSPS) is 11.6. The van der Waals surface area contributed by atoms with Gasteiger partial charge in [0.15, 0.2) is 0 Å². The van der Waals surface area contributed by atoms with Gasteiger partial charge in [-0.25, -0.2) is 9.78 Å². The van der Waals surface area contributed by atoms with Crippen molar-refractivity contribution in [2.75, 3.05) is 29.6 Å². The number of nitrogens with zero attached hydrogens (tertiary/aromatic N) is 1. The Hall–Kier alpha value is -5.09. The van der Waals surface area contributed by atoms with Crippen molar-refractivity contribution in [3.8, 4) is 17.1 Å². The van der Waals surface area contributed by atoms with Gasteiger partial charge in [-0.1, -0.05) is 42.5 Å². The van der Waals surface area contributed by atoms with E-state index in [-0.39, 0.29) is 17.7 Å². The van der Waals surface area contributed by atoms with Crippen LogP contribution in [0.25, 0.3) is 22.4 Å². The maximum atomic E-state index is 12.8. The first-order chi connectivity index (χ1) is 18.5. The van der Waals surface area contributed by atoms with Crippen molar-refractivity contribution in [1.29, 1.82) is 0 Å². The molecule has 1 unspecified atom stereocenters. The van der Waals surface area contributed by atoms with Gasteiger partial charge in [-0.3, -0.25) is 4.79 Å². The quantitative estimate of drug-likeness (QED) is 0.178. The molecule has 1 atom stereocenters. The van der Waals surface area contributed by atoms with Gasteiger partial charge in [-0.2, -0.15) is 0 Å². The van der Waals surface area contributed by atoms with Gasteiger partial charge in [0.25, 0.3) is 5.56 Å². The lowest BCUT2D eigenvalue weighted by molar-refractivity contribution is 0.191. The number of methoxy groups -OCH3 is 1. The fraction of sp³-hybridized carbons (Fsp3) is 0.107. The first-order valence-electron chi connectivity index (χ1n) is 11.9. The molecule has 0 bridgehead atoms. The Kier molecular flexibility index (Phi) is 7.05. The van der Waals surface area contributed by atoms with Crippen LogP contribution in [0.2, 0.25) is 0 Å². The number of carbonyl (C=O) groups is 1. The number of rotatable bonds is 8. The highest BCUT2D eigenvalue weighted by Crippen LogP contribution is 2.28. The van der Waals surface area contributed by atoms with E-state index >= 15 is 0 Å². The number of fused-ring (bicyclic) bond motifs is 1. The van der Waals surface area contributed by atoms with E-state index in [1.165, 1.54) is 6.20 Å². The summed E-state index contributed by atoms with van der Waals surface area (Å²) in [4.78, 5) is 36.0. The standard InChI is InChI=1S/C28H26N6O4/c1-38-19-10-5-9-18(15-19)31-28(37)33-22-12-6-11-21-25(22)34-26(32-21)24-20(13-14-29-27(24)36)30-16-23(35)17-7-3-2-4-8-17/h2-15,23,35H,16H2,1H3,(H,32,34)(H2,29,30,36)(H2,31,33,37). The van der Waals surface area contributed by atoms with Crippen LogP contribution in [0, 0.1) is 0 Å². The molecule has 5 aromatic rings. The van der Waals surface area contributed by atoms with Crippen LogP contribution < -0.4 is 26.2 Å². The molecule has 10 heteroatoms. The third-order valence-electron chi connectivity index (χ3n) is 5.96. The largest absolute Gasteiger partial charge is 0.497 e. The van der Waals surface area contributed by atoms with Gasteiger partial charge in [-0.05, 0) is 35.9 Å². The van der Waals surface area contributed by atoms with E-state index in [2.05, 4.69) is 30.9 Å². The number of para-hydroxylation sites is 1. The molecule has 0 saturated heterocycles. The van der Waals surface area contributed by atoms with Crippen LogP contribution in [0.4, 0.5) is 21.9 Å². The van der Waals surface area contributed by atoms with Crippen LogP contribution >= 0.6 is 0 Å². The van der Waals surface area contributed by atoms with E-state index in [0.29, 0.717) is 39.7 Å². The zero-order valence-corrected chi connectivity index (χ0v) is 20.5. The predicted octanol–water partition coefficient (Wildman–Crippen LogP) is 4.72. The van der Waals surface area contributed by atoms with Crippen LogP contribution in [-0.4, -0.2) is 39.7 Å². The Morgan fingerprint density at radius 3 is 2.63 bits per heavy atom. The maximum absolute atomic E-state index is 12.8. The number of hydrogen-bond donors (Lipinski definition) is 6. The summed E-state index contributed by atoms with van der Waals surface area (Å²) in [5.41, 5.74) is 3.39. The molecule has 0 radical (unpaired) electrons. The van der Waals surface area contributed by atoms with E-state index in [4.69, 9.17) is 4.74 Å². The average molecular weight is 511 g/mol. The molecule has 6 N–H and O–H groups in total. The topological polar surface area (TPSA) is 144 Å². The van der Waals surface area contributed by atoms with E-state index < -0.39 is 12.1 Å². The smallest absolute Gasteiger partial charge is 0.323 e. The third-order valence-corrected chi connectivity index (χ3v) is 5.96. The first kappa shape index (κ1) is 24.6. The van der Waals surface area contributed by atoms with Crippen molar-refractivity contribution in [1.82, 2.24) is 15.0 Å². The molecular formula is C28H26N6O4. The Morgan fingerprint density at radius 2 is 1.82 bits per heavy atom. The molecule has 192 valence electrons. The number of aliphatic hydroxyl groups is 1. The minimum atomic E-state index is -0.766. The summed E-state index contributed by atoms with van der Waals surface area (Å²) in [6.07, 6.45) is 0.764. The number of hydrogen-bond acceptors (Lipinski definition) is 6. The Balaban J connectivity index is 1.39. The van der Waals surface area contributed by atoms with E-state index in [0.717, 1.165) is 5.56 Å². The van der Waals surface area contributed by atoms with E-state index in [1.54, 1.807) is 55.6 Å². The average Bonchev–Trinajstić information content (AvgIpc) is 3.37. The Labute approximate surface area is 217 Å². The molecule has 0 fully saturated rings. The summed E-state index contributed by atoms with van der Waals surface area (Å²) in [7, 11) is 1.56. The molecule has 0 aliphatic rings. The lowest BCUT2D eigenvalue weighted by atomic mass is 10.1. The molecule has 2 aromatic heterocycles. The lowest BCUT2D eigenvalue weighted by Crippen LogP contribution is -2.19. The van der Waals surface area contributed by atoms with Crippen LogP contribution in [0.1, 0.15) is 11.7 Å². The summed E-state index contributed by atoms with van der Waals surface area (Å²) in [5, 5.41) is 19.3. The van der Waals surface area contributed by atoms with Gasteiger partial charge in [0.1, 0.15) is 17.1 Å². The van der Waals surface area contributed by atoms with Gasteiger partial charge >= 0.3 is 6.03 Å². The SMILES string of the molecule is COc1cccc(NC(=O)Nc2cccc3nc(-c4c(NCC(O)c5ccccc5)cc[nH]c4=O)[nH]c23)c1.